The van der Waals surface area contributed by atoms with Crippen LogP contribution in [-0.4, -0.2) is 16.2 Å². The lowest BCUT2D eigenvalue weighted by Gasteiger charge is -2.07. The molecule has 0 aliphatic carbocycles. The van der Waals surface area contributed by atoms with Gasteiger partial charge < -0.3 is 10.2 Å². The third kappa shape index (κ3) is 4.51. The van der Waals surface area contributed by atoms with Gasteiger partial charge in [-0.15, -0.1) is 0 Å². The first-order valence-corrected chi connectivity index (χ1v) is 8.70. The van der Waals surface area contributed by atoms with Gasteiger partial charge >= 0.3 is 5.97 Å². The van der Waals surface area contributed by atoms with Crippen molar-refractivity contribution in [2.45, 2.75) is 26.2 Å². The Hall–Kier alpha value is -3.07. The van der Waals surface area contributed by atoms with Crippen molar-refractivity contribution < 1.29 is 15.0 Å². The maximum atomic E-state index is 11.1. The van der Waals surface area contributed by atoms with Crippen molar-refractivity contribution in [3.63, 3.8) is 0 Å². The van der Waals surface area contributed by atoms with E-state index in [1.165, 1.54) is 28.3 Å². The maximum Gasteiger partial charge on any atom is 0.339 e. The molecule has 0 bridgehead atoms. The number of carboxylic acid groups (broad SMARTS) is 1. The molecular weight excluding hydrogens is 324 g/mol. The molecule has 0 unspecified atom stereocenters. The van der Waals surface area contributed by atoms with Gasteiger partial charge in [0.25, 0.3) is 0 Å². The maximum absolute atomic E-state index is 11.1. The van der Waals surface area contributed by atoms with E-state index in [4.69, 9.17) is 5.11 Å². The Morgan fingerprint density at radius 2 is 1.27 bits per heavy atom. The van der Waals surface area contributed by atoms with E-state index in [1.54, 1.807) is 12.1 Å². The fourth-order valence-corrected chi connectivity index (χ4v) is 2.96. The van der Waals surface area contributed by atoms with Crippen molar-refractivity contribution in [2.24, 2.45) is 0 Å². The van der Waals surface area contributed by atoms with E-state index in [-0.39, 0.29) is 11.3 Å². The van der Waals surface area contributed by atoms with Crippen LogP contribution in [0.5, 0.6) is 5.75 Å². The number of carboxylic acids is 1. The Balaban J connectivity index is 1.62. The zero-order chi connectivity index (χ0) is 18.5. The number of aromatic hydroxyl groups is 1. The van der Waals surface area contributed by atoms with Gasteiger partial charge in [-0.3, -0.25) is 0 Å². The summed E-state index contributed by atoms with van der Waals surface area (Å²) in [5.74, 6) is -1.30. The summed E-state index contributed by atoms with van der Waals surface area (Å²) in [4.78, 5) is 11.1. The highest BCUT2D eigenvalue weighted by molar-refractivity contribution is 5.90. The summed E-state index contributed by atoms with van der Waals surface area (Å²) in [6.07, 6.45) is 2.48. The molecule has 0 saturated heterocycles. The quantitative estimate of drug-likeness (QED) is 0.675. The Morgan fingerprint density at radius 3 is 1.88 bits per heavy atom. The summed E-state index contributed by atoms with van der Waals surface area (Å²) in [7, 11) is 0. The molecule has 0 amide bonds. The highest BCUT2D eigenvalue weighted by Gasteiger charge is 2.10. The molecule has 0 saturated carbocycles. The van der Waals surface area contributed by atoms with Crippen LogP contribution in [0.2, 0.25) is 0 Å². The van der Waals surface area contributed by atoms with Crippen LogP contribution in [0, 0.1) is 6.92 Å². The summed E-state index contributed by atoms with van der Waals surface area (Å²) >= 11 is 0. The normalized spacial score (nSPS) is 10.7. The third-order valence-corrected chi connectivity index (χ3v) is 4.55. The Bertz CT molecular complexity index is 894. The second-order valence-electron chi connectivity index (χ2n) is 6.64. The Labute approximate surface area is 153 Å². The van der Waals surface area contributed by atoms with Crippen LogP contribution in [0.25, 0.3) is 0 Å². The van der Waals surface area contributed by atoms with Gasteiger partial charge in [0, 0.05) is 0 Å². The van der Waals surface area contributed by atoms with Gasteiger partial charge in [0.15, 0.2) is 0 Å². The SMILES string of the molecule is Cc1ccc(Cc2ccc(CCc3ccc(O)c(C(=O)O)c3)cc2)cc1. The molecule has 0 atom stereocenters. The van der Waals surface area contributed by atoms with Crippen LogP contribution >= 0.6 is 0 Å². The number of phenols is 1. The van der Waals surface area contributed by atoms with Crippen LogP contribution in [0.15, 0.2) is 66.7 Å². The zero-order valence-corrected chi connectivity index (χ0v) is 14.8. The molecule has 3 rings (SSSR count). The summed E-state index contributed by atoms with van der Waals surface area (Å²) in [6.45, 7) is 2.09. The highest BCUT2D eigenvalue weighted by atomic mass is 16.4. The molecule has 0 aliphatic rings. The molecule has 26 heavy (non-hydrogen) atoms. The molecule has 0 aromatic heterocycles. The van der Waals surface area contributed by atoms with Crippen molar-refractivity contribution in [1.29, 1.82) is 0 Å². The lowest BCUT2D eigenvalue weighted by atomic mass is 9.99. The van der Waals surface area contributed by atoms with Crippen molar-refractivity contribution in [2.75, 3.05) is 0 Å². The lowest BCUT2D eigenvalue weighted by molar-refractivity contribution is 0.0693. The molecule has 3 aromatic carbocycles. The van der Waals surface area contributed by atoms with Crippen LogP contribution in [0.4, 0.5) is 0 Å². The first-order valence-electron chi connectivity index (χ1n) is 8.70. The predicted octanol–water partition coefficient (Wildman–Crippen LogP) is 4.77. The third-order valence-electron chi connectivity index (χ3n) is 4.55. The van der Waals surface area contributed by atoms with E-state index in [9.17, 15) is 9.90 Å². The topological polar surface area (TPSA) is 57.5 Å². The van der Waals surface area contributed by atoms with Gasteiger partial charge in [-0.2, -0.15) is 0 Å². The molecule has 0 heterocycles. The molecule has 0 fully saturated rings. The zero-order valence-electron chi connectivity index (χ0n) is 14.8. The number of carbonyl (C=O) groups is 1. The van der Waals surface area contributed by atoms with Crippen LogP contribution < -0.4 is 0 Å². The van der Waals surface area contributed by atoms with Gasteiger partial charge in [0.05, 0.1) is 0 Å². The molecule has 0 radical (unpaired) electrons. The van der Waals surface area contributed by atoms with Crippen LogP contribution in [0.1, 0.15) is 38.2 Å². The first-order chi connectivity index (χ1) is 12.5. The van der Waals surface area contributed by atoms with E-state index < -0.39 is 5.97 Å². The van der Waals surface area contributed by atoms with E-state index in [0.717, 1.165) is 24.8 Å². The number of hydrogen-bond donors (Lipinski definition) is 2. The Kier molecular flexibility index (Phi) is 5.37. The molecule has 0 spiro atoms. The molecule has 3 aromatic rings. The van der Waals surface area contributed by atoms with E-state index in [1.807, 2.05) is 0 Å². The van der Waals surface area contributed by atoms with Gasteiger partial charge in [-0.1, -0.05) is 60.2 Å². The monoisotopic (exact) mass is 346 g/mol. The van der Waals surface area contributed by atoms with Crippen molar-refractivity contribution >= 4 is 5.97 Å². The molecule has 2 N–H and O–H groups in total. The standard InChI is InChI=1S/C23H22O3/c1-16-2-4-18(5-3-16)14-19-9-6-17(7-10-19)8-11-20-12-13-22(24)21(15-20)23(25)26/h2-7,9-10,12-13,15,24H,8,11,14H2,1H3,(H,25,26). The van der Waals surface area contributed by atoms with Crippen molar-refractivity contribution in [1.82, 2.24) is 0 Å². The highest BCUT2D eigenvalue weighted by Crippen LogP contribution is 2.20. The fourth-order valence-electron chi connectivity index (χ4n) is 2.96. The molecule has 3 heteroatoms. The molecule has 0 aliphatic heterocycles. The predicted molar refractivity (Wildman–Crippen MR) is 103 cm³/mol. The number of hydrogen-bond acceptors (Lipinski definition) is 2. The smallest absolute Gasteiger partial charge is 0.339 e. The Morgan fingerprint density at radius 1 is 0.769 bits per heavy atom. The molecule has 3 nitrogen and oxygen atoms in total. The minimum atomic E-state index is -1.11. The van der Waals surface area contributed by atoms with Gasteiger partial charge in [0.2, 0.25) is 0 Å². The molecule has 132 valence electrons. The minimum absolute atomic E-state index is 0.0454. The summed E-state index contributed by atoms with van der Waals surface area (Å²) in [5.41, 5.74) is 5.91. The van der Waals surface area contributed by atoms with Gasteiger partial charge in [0.1, 0.15) is 11.3 Å². The minimum Gasteiger partial charge on any atom is -0.507 e. The van der Waals surface area contributed by atoms with Crippen LogP contribution in [0.3, 0.4) is 0 Å². The summed E-state index contributed by atoms with van der Waals surface area (Å²) in [6, 6.07) is 21.9. The summed E-state index contributed by atoms with van der Waals surface area (Å²) < 4.78 is 0. The van der Waals surface area contributed by atoms with Crippen LogP contribution in [-0.2, 0) is 19.3 Å². The van der Waals surface area contributed by atoms with Gasteiger partial charge in [-0.25, -0.2) is 4.79 Å². The van der Waals surface area contributed by atoms with E-state index in [0.29, 0.717) is 0 Å². The number of benzene rings is 3. The van der Waals surface area contributed by atoms with Gasteiger partial charge in [-0.05, 0) is 60.6 Å². The average Bonchev–Trinajstić information content (AvgIpc) is 2.64. The average molecular weight is 346 g/mol. The van der Waals surface area contributed by atoms with Crippen molar-refractivity contribution in [3.05, 3.63) is 100 Å². The number of aromatic carboxylic acids is 1. The van der Waals surface area contributed by atoms with E-state index in [2.05, 4.69) is 55.5 Å². The number of rotatable bonds is 6. The van der Waals surface area contributed by atoms with Crippen molar-refractivity contribution in [3.8, 4) is 5.75 Å². The lowest BCUT2D eigenvalue weighted by Crippen LogP contribution is -1.99. The largest absolute Gasteiger partial charge is 0.507 e. The second kappa shape index (κ2) is 7.87. The fraction of sp³-hybridized carbons (Fsp3) is 0.174. The molecular formula is C23H22O3. The number of aryl methyl sites for hydroxylation is 3. The second-order valence-corrected chi connectivity index (χ2v) is 6.64. The van der Waals surface area contributed by atoms with E-state index >= 15 is 0 Å². The summed E-state index contributed by atoms with van der Waals surface area (Å²) in [5, 5.41) is 18.7. The first kappa shape index (κ1) is 17.7.